The Morgan fingerprint density at radius 3 is 2.55 bits per heavy atom. The van der Waals surface area contributed by atoms with Crippen LogP contribution in [0.25, 0.3) is 0 Å². The van der Waals surface area contributed by atoms with Gasteiger partial charge in [-0.3, -0.25) is 9.59 Å². The van der Waals surface area contributed by atoms with Gasteiger partial charge in [-0.05, 0) is 55.8 Å². The molecule has 0 spiro atoms. The van der Waals surface area contributed by atoms with Crippen LogP contribution in [0.2, 0.25) is 0 Å². The van der Waals surface area contributed by atoms with E-state index >= 15 is 0 Å². The predicted molar refractivity (Wildman–Crippen MR) is 131 cm³/mol. The summed E-state index contributed by atoms with van der Waals surface area (Å²) in [7, 11) is 0. The molecule has 2 N–H and O–H groups in total. The molecule has 2 amide bonds. The van der Waals surface area contributed by atoms with Crippen molar-refractivity contribution < 1.29 is 14.3 Å². The van der Waals surface area contributed by atoms with Crippen molar-refractivity contribution in [3.63, 3.8) is 0 Å². The van der Waals surface area contributed by atoms with E-state index in [1.54, 1.807) is 34.9 Å². The summed E-state index contributed by atoms with van der Waals surface area (Å²) < 4.78 is 7.20. The summed E-state index contributed by atoms with van der Waals surface area (Å²) in [6.07, 6.45) is 1.75. The molecule has 0 aliphatic heterocycles. The number of amides is 2. The highest BCUT2D eigenvalue weighted by Gasteiger charge is 2.16. The molecule has 8 nitrogen and oxygen atoms in total. The van der Waals surface area contributed by atoms with Crippen LogP contribution in [0.4, 0.5) is 11.4 Å². The molecule has 1 aromatic heterocycles. The number of hydrogen-bond donors (Lipinski definition) is 2. The van der Waals surface area contributed by atoms with E-state index in [0.29, 0.717) is 29.8 Å². The van der Waals surface area contributed by atoms with E-state index in [9.17, 15) is 9.59 Å². The van der Waals surface area contributed by atoms with E-state index in [1.807, 2.05) is 38.1 Å². The number of allylic oxidation sites excluding steroid dienone is 1. The van der Waals surface area contributed by atoms with Gasteiger partial charge < -0.3 is 19.9 Å². The van der Waals surface area contributed by atoms with Crippen LogP contribution < -0.4 is 15.4 Å². The fraction of sp³-hybridized carbons (Fsp3) is 0.250. The molecule has 2 aromatic carbocycles. The Kier molecular flexibility index (Phi) is 8.65. The van der Waals surface area contributed by atoms with Gasteiger partial charge in [-0.25, -0.2) is 0 Å². The summed E-state index contributed by atoms with van der Waals surface area (Å²) in [6, 6.07) is 14.8. The first-order valence-corrected chi connectivity index (χ1v) is 11.5. The van der Waals surface area contributed by atoms with Gasteiger partial charge in [-0.15, -0.1) is 16.8 Å². The third-order valence-electron chi connectivity index (χ3n) is 4.51. The van der Waals surface area contributed by atoms with Crippen molar-refractivity contribution in [2.24, 2.45) is 0 Å². The third-order valence-corrected chi connectivity index (χ3v) is 5.47. The van der Waals surface area contributed by atoms with E-state index in [4.69, 9.17) is 4.74 Å². The molecule has 0 atom stereocenters. The molecule has 0 aliphatic carbocycles. The molecule has 0 radical (unpaired) electrons. The third kappa shape index (κ3) is 7.21. The monoisotopic (exact) mass is 465 g/mol. The molecular formula is C24H27N5O3S. The number of thioether (sulfide) groups is 1. The number of ether oxygens (including phenoxy) is 1. The average Bonchev–Trinajstić information content (AvgIpc) is 3.15. The maximum Gasteiger partial charge on any atom is 0.234 e. The first-order valence-electron chi connectivity index (χ1n) is 10.5. The van der Waals surface area contributed by atoms with Gasteiger partial charge in [-0.1, -0.05) is 30.0 Å². The number of rotatable bonds is 11. The molecule has 3 rings (SSSR count). The quantitative estimate of drug-likeness (QED) is 0.327. The number of nitrogens with zero attached hydrogens (tertiary/aromatic N) is 3. The Hall–Kier alpha value is -3.59. The topological polar surface area (TPSA) is 98.1 Å². The van der Waals surface area contributed by atoms with Crippen molar-refractivity contribution in [2.45, 2.75) is 32.0 Å². The van der Waals surface area contributed by atoms with Crippen LogP contribution in [0, 0.1) is 6.92 Å². The zero-order valence-electron chi connectivity index (χ0n) is 18.7. The molecule has 0 bridgehead atoms. The maximum absolute atomic E-state index is 12.5. The summed E-state index contributed by atoms with van der Waals surface area (Å²) in [6.45, 7) is 8.67. The average molecular weight is 466 g/mol. The Balaban J connectivity index is 1.59. The summed E-state index contributed by atoms with van der Waals surface area (Å²) in [4.78, 5) is 24.9. The SMILES string of the molecule is C=CCn1c(CC(=O)Nc2ccc(OCC)cc2)nnc1SCC(=O)Nc1cccc(C)c1. The molecule has 0 aliphatic rings. The number of carbonyl (C=O) groups is 2. The van der Waals surface area contributed by atoms with Gasteiger partial charge in [0.05, 0.1) is 18.8 Å². The van der Waals surface area contributed by atoms with E-state index in [-0.39, 0.29) is 24.0 Å². The van der Waals surface area contributed by atoms with E-state index < -0.39 is 0 Å². The van der Waals surface area contributed by atoms with Gasteiger partial charge in [0.2, 0.25) is 11.8 Å². The number of hydrogen-bond acceptors (Lipinski definition) is 6. The number of aryl methyl sites for hydroxylation is 1. The Bertz CT molecular complexity index is 1110. The number of anilines is 2. The first kappa shape index (κ1) is 24.1. The van der Waals surface area contributed by atoms with Crippen molar-refractivity contribution in [2.75, 3.05) is 23.0 Å². The first-order chi connectivity index (χ1) is 16.0. The van der Waals surface area contributed by atoms with E-state index in [0.717, 1.165) is 17.0 Å². The van der Waals surface area contributed by atoms with Crippen molar-refractivity contribution in [3.05, 3.63) is 72.6 Å². The molecule has 0 unspecified atom stereocenters. The van der Waals surface area contributed by atoms with Crippen LogP contribution in [0.5, 0.6) is 5.75 Å². The smallest absolute Gasteiger partial charge is 0.234 e. The zero-order chi connectivity index (χ0) is 23.6. The van der Waals surface area contributed by atoms with E-state index in [2.05, 4.69) is 27.4 Å². The summed E-state index contributed by atoms with van der Waals surface area (Å²) in [5.41, 5.74) is 2.49. The van der Waals surface area contributed by atoms with Gasteiger partial charge >= 0.3 is 0 Å². The van der Waals surface area contributed by atoms with Crippen molar-refractivity contribution >= 4 is 35.0 Å². The fourth-order valence-corrected chi connectivity index (χ4v) is 3.84. The lowest BCUT2D eigenvalue weighted by Gasteiger charge is -2.09. The number of aromatic nitrogens is 3. The molecule has 0 saturated carbocycles. The normalized spacial score (nSPS) is 10.5. The molecule has 3 aromatic rings. The number of nitrogens with one attached hydrogen (secondary N) is 2. The molecule has 172 valence electrons. The maximum atomic E-state index is 12.5. The van der Waals surface area contributed by atoms with Crippen LogP contribution in [0.15, 0.2) is 66.3 Å². The number of benzene rings is 2. The van der Waals surface area contributed by atoms with E-state index in [1.165, 1.54) is 11.8 Å². The van der Waals surface area contributed by atoms with Gasteiger partial charge in [0.25, 0.3) is 0 Å². The Morgan fingerprint density at radius 2 is 1.85 bits per heavy atom. The minimum Gasteiger partial charge on any atom is -0.494 e. The fourth-order valence-electron chi connectivity index (χ4n) is 3.07. The standard InChI is InChI=1S/C24H27N5O3S/c1-4-13-29-21(15-22(30)25-18-9-11-20(12-10-18)32-5-2)27-28-24(29)33-16-23(31)26-19-8-6-7-17(3)14-19/h4,6-12,14H,1,5,13,15-16H2,2-3H3,(H,25,30)(H,26,31). The van der Waals surface area contributed by atoms with Crippen LogP contribution in [-0.4, -0.2) is 38.9 Å². The minimum atomic E-state index is -0.217. The summed E-state index contributed by atoms with van der Waals surface area (Å²) >= 11 is 1.26. The Morgan fingerprint density at radius 1 is 1.09 bits per heavy atom. The van der Waals surface area contributed by atoms with Crippen LogP contribution in [-0.2, 0) is 22.6 Å². The molecule has 33 heavy (non-hydrogen) atoms. The highest BCUT2D eigenvalue weighted by atomic mass is 32.2. The molecule has 0 saturated heterocycles. The van der Waals surface area contributed by atoms with Crippen LogP contribution in [0.1, 0.15) is 18.3 Å². The van der Waals surface area contributed by atoms with Gasteiger partial charge in [0.15, 0.2) is 5.16 Å². The summed E-state index contributed by atoms with van der Waals surface area (Å²) in [5.74, 6) is 1.05. The largest absolute Gasteiger partial charge is 0.494 e. The number of carbonyl (C=O) groups excluding carboxylic acids is 2. The zero-order valence-corrected chi connectivity index (χ0v) is 19.5. The minimum absolute atomic E-state index is 0.0457. The Labute approximate surface area is 197 Å². The molecule has 9 heteroatoms. The predicted octanol–water partition coefficient (Wildman–Crippen LogP) is 4.08. The second-order valence-corrected chi connectivity index (χ2v) is 8.13. The molecule has 0 fully saturated rings. The van der Waals surface area contributed by atoms with Crippen LogP contribution >= 0.6 is 11.8 Å². The lowest BCUT2D eigenvalue weighted by molar-refractivity contribution is -0.116. The highest BCUT2D eigenvalue weighted by molar-refractivity contribution is 7.99. The van der Waals surface area contributed by atoms with Crippen molar-refractivity contribution in [1.29, 1.82) is 0 Å². The van der Waals surface area contributed by atoms with Crippen molar-refractivity contribution in [1.82, 2.24) is 14.8 Å². The summed E-state index contributed by atoms with van der Waals surface area (Å²) in [5, 5.41) is 14.6. The highest BCUT2D eigenvalue weighted by Crippen LogP contribution is 2.20. The lowest BCUT2D eigenvalue weighted by Crippen LogP contribution is -2.18. The second kappa shape index (κ2) is 11.9. The van der Waals surface area contributed by atoms with Gasteiger partial charge in [-0.2, -0.15) is 0 Å². The molecular weight excluding hydrogens is 438 g/mol. The van der Waals surface area contributed by atoms with Gasteiger partial charge in [0, 0.05) is 17.9 Å². The molecule has 1 heterocycles. The second-order valence-electron chi connectivity index (χ2n) is 7.19. The van der Waals surface area contributed by atoms with Gasteiger partial charge in [0.1, 0.15) is 11.6 Å². The van der Waals surface area contributed by atoms with Crippen molar-refractivity contribution in [3.8, 4) is 5.75 Å². The lowest BCUT2D eigenvalue weighted by atomic mass is 10.2. The van der Waals surface area contributed by atoms with Crippen LogP contribution in [0.3, 0.4) is 0 Å².